The van der Waals surface area contributed by atoms with Crippen molar-refractivity contribution >= 4 is 17.7 Å². The monoisotopic (exact) mass is 442 g/mol. The fourth-order valence-corrected chi connectivity index (χ4v) is 5.60. The van der Waals surface area contributed by atoms with Crippen molar-refractivity contribution in [3.63, 3.8) is 0 Å². The maximum absolute atomic E-state index is 13.3. The molecule has 2 fully saturated rings. The van der Waals surface area contributed by atoms with Crippen molar-refractivity contribution in [3.05, 3.63) is 63.3 Å². The Morgan fingerprint density at radius 1 is 1.10 bits per heavy atom. The summed E-state index contributed by atoms with van der Waals surface area (Å²) in [4.78, 5) is 29.8. The van der Waals surface area contributed by atoms with E-state index in [9.17, 15) is 14.0 Å². The van der Waals surface area contributed by atoms with Crippen molar-refractivity contribution < 1.29 is 9.18 Å². The minimum Gasteiger partial charge on any atom is -0.339 e. The Balaban J connectivity index is 1.16. The van der Waals surface area contributed by atoms with E-state index in [0.717, 1.165) is 67.2 Å². The van der Waals surface area contributed by atoms with Gasteiger partial charge < -0.3 is 4.90 Å². The summed E-state index contributed by atoms with van der Waals surface area (Å²) in [5.41, 5.74) is 2.60. The summed E-state index contributed by atoms with van der Waals surface area (Å²) in [5, 5.41) is 4.59. The molecule has 2 aliphatic heterocycles. The number of carbonyl (C=O) groups excluding carboxylic acids is 1. The van der Waals surface area contributed by atoms with Crippen LogP contribution in [0.25, 0.3) is 0 Å². The maximum Gasteiger partial charge on any atom is 0.267 e. The van der Waals surface area contributed by atoms with Gasteiger partial charge in [-0.1, -0.05) is 12.1 Å². The van der Waals surface area contributed by atoms with Crippen LogP contribution in [0.2, 0.25) is 0 Å². The molecule has 8 heteroatoms. The average Bonchev–Trinajstić information content (AvgIpc) is 3.60. The number of nitrogens with zero attached hydrogens (tertiary/aromatic N) is 4. The van der Waals surface area contributed by atoms with E-state index in [1.807, 2.05) is 16.7 Å². The zero-order valence-electron chi connectivity index (χ0n) is 17.6. The second kappa shape index (κ2) is 8.39. The first kappa shape index (κ1) is 20.7. The summed E-state index contributed by atoms with van der Waals surface area (Å²) >= 11 is 1.85. The Morgan fingerprint density at radius 2 is 1.84 bits per heavy atom. The number of benzene rings is 1. The zero-order chi connectivity index (χ0) is 21.4. The van der Waals surface area contributed by atoms with E-state index in [-0.39, 0.29) is 17.3 Å². The van der Waals surface area contributed by atoms with Crippen molar-refractivity contribution in [2.45, 2.75) is 37.0 Å². The first-order valence-corrected chi connectivity index (χ1v) is 12.2. The van der Waals surface area contributed by atoms with Crippen molar-refractivity contribution in [1.82, 2.24) is 19.6 Å². The van der Waals surface area contributed by atoms with E-state index < -0.39 is 5.41 Å². The SMILES string of the molecule is O=C(N1CCN(CCn2nc3c(cc2=O)CSCC3)CC1)C1(c2ccc(F)cc2)CC1. The Kier molecular flexibility index (Phi) is 5.60. The van der Waals surface area contributed by atoms with Crippen LogP contribution in [-0.4, -0.2) is 64.0 Å². The minimum atomic E-state index is -0.450. The molecule has 1 aromatic heterocycles. The van der Waals surface area contributed by atoms with Crippen LogP contribution in [0.1, 0.15) is 29.7 Å². The quantitative estimate of drug-likeness (QED) is 0.710. The van der Waals surface area contributed by atoms with Gasteiger partial charge in [-0.2, -0.15) is 16.9 Å². The lowest BCUT2D eigenvalue weighted by Gasteiger charge is -2.36. The molecule has 0 unspecified atom stereocenters. The molecule has 0 radical (unpaired) electrons. The Labute approximate surface area is 185 Å². The largest absolute Gasteiger partial charge is 0.339 e. The number of aryl methyl sites for hydroxylation is 1. The minimum absolute atomic E-state index is 0.0231. The molecule has 0 N–H and O–H groups in total. The summed E-state index contributed by atoms with van der Waals surface area (Å²) in [6, 6.07) is 8.12. The third-order valence-corrected chi connectivity index (χ3v) is 7.76. The second-order valence-electron chi connectivity index (χ2n) is 8.70. The number of halogens is 1. The Bertz CT molecular complexity index is 1030. The van der Waals surface area contributed by atoms with Crippen LogP contribution in [0.3, 0.4) is 0 Å². The first-order valence-electron chi connectivity index (χ1n) is 11.0. The molecule has 1 amide bonds. The van der Waals surface area contributed by atoms with Crippen LogP contribution in [0, 0.1) is 5.82 Å². The number of hydrogen-bond donors (Lipinski definition) is 0. The number of rotatable bonds is 5. The first-order chi connectivity index (χ1) is 15.0. The molecule has 1 aromatic carbocycles. The fourth-order valence-electron chi connectivity index (χ4n) is 4.65. The summed E-state index contributed by atoms with van der Waals surface area (Å²) in [7, 11) is 0. The van der Waals surface area contributed by atoms with Crippen LogP contribution < -0.4 is 5.56 Å². The molecule has 1 aliphatic carbocycles. The number of aromatic nitrogens is 2. The van der Waals surface area contributed by atoms with E-state index in [2.05, 4.69) is 10.00 Å². The number of carbonyl (C=O) groups is 1. The van der Waals surface area contributed by atoms with E-state index >= 15 is 0 Å². The van der Waals surface area contributed by atoms with E-state index in [0.29, 0.717) is 19.6 Å². The van der Waals surface area contributed by atoms with Gasteiger partial charge in [0.15, 0.2) is 0 Å². The zero-order valence-corrected chi connectivity index (χ0v) is 18.4. The Morgan fingerprint density at radius 3 is 2.55 bits per heavy atom. The molecule has 0 bridgehead atoms. The summed E-state index contributed by atoms with van der Waals surface area (Å²) in [6.07, 6.45) is 2.60. The molecule has 0 atom stereocenters. The highest BCUT2D eigenvalue weighted by Crippen LogP contribution is 2.49. The molecule has 164 valence electrons. The standard InChI is InChI=1S/C23H27FN4O2S/c24-19-3-1-18(2-4-19)23(6-7-23)22(30)27-11-8-26(9-12-27)10-13-28-21(29)15-17-16-31-14-5-20(17)25-28/h1-4,15H,5-14,16H2. The summed E-state index contributed by atoms with van der Waals surface area (Å²) in [6.45, 7) is 4.29. The lowest BCUT2D eigenvalue weighted by Crippen LogP contribution is -2.52. The average molecular weight is 443 g/mol. The number of amides is 1. The highest BCUT2D eigenvalue weighted by molar-refractivity contribution is 7.98. The lowest BCUT2D eigenvalue weighted by molar-refractivity contribution is -0.135. The van der Waals surface area contributed by atoms with E-state index in [1.165, 1.54) is 12.1 Å². The molecule has 0 spiro atoms. The summed E-state index contributed by atoms with van der Waals surface area (Å²) in [5.74, 6) is 1.85. The molecule has 31 heavy (non-hydrogen) atoms. The van der Waals surface area contributed by atoms with E-state index in [4.69, 9.17) is 0 Å². The predicted molar refractivity (Wildman–Crippen MR) is 119 cm³/mol. The smallest absolute Gasteiger partial charge is 0.267 e. The number of fused-ring (bicyclic) bond motifs is 1. The number of piperazine rings is 1. The van der Waals surface area contributed by atoms with Gasteiger partial charge in [-0.25, -0.2) is 9.07 Å². The molecule has 1 saturated carbocycles. The topological polar surface area (TPSA) is 58.4 Å². The third kappa shape index (κ3) is 4.15. The highest BCUT2D eigenvalue weighted by atomic mass is 32.2. The molecule has 1 saturated heterocycles. The molecular weight excluding hydrogens is 415 g/mol. The maximum atomic E-state index is 13.3. The van der Waals surface area contributed by atoms with Crippen molar-refractivity contribution in [3.8, 4) is 0 Å². The highest BCUT2D eigenvalue weighted by Gasteiger charge is 2.53. The molecule has 3 aliphatic rings. The van der Waals surface area contributed by atoms with Crippen molar-refractivity contribution in [2.75, 3.05) is 38.5 Å². The molecule has 5 rings (SSSR count). The van der Waals surface area contributed by atoms with Crippen LogP contribution in [0.4, 0.5) is 4.39 Å². The molecule has 6 nitrogen and oxygen atoms in total. The summed E-state index contributed by atoms with van der Waals surface area (Å²) < 4.78 is 14.9. The van der Waals surface area contributed by atoms with Gasteiger partial charge in [0.05, 0.1) is 17.7 Å². The van der Waals surface area contributed by atoms with Gasteiger partial charge in [-0.3, -0.25) is 14.5 Å². The second-order valence-corrected chi connectivity index (χ2v) is 9.81. The fraction of sp³-hybridized carbons (Fsp3) is 0.522. The van der Waals surface area contributed by atoms with Crippen LogP contribution >= 0.6 is 11.8 Å². The van der Waals surface area contributed by atoms with Crippen molar-refractivity contribution in [1.29, 1.82) is 0 Å². The van der Waals surface area contributed by atoms with Gasteiger partial charge in [0.2, 0.25) is 5.91 Å². The lowest BCUT2D eigenvalue weighted by atomic mass is 9.94. The van der Waals surface area contributed by atoms with Crippen LogP contribution in [-0.2, 0) is 28.9 Å². The van der Waals surface area contributed by atoms with Crippen molar-refractivity contribution in [2.24, 2.45) is 0 Å². The van der Waals surface area contributed by atoms with Gasteiger partial charge >= 0.3 is 0 Å². The number of hydrogen-bond acceptors (Lipinski definition) is 5. The predicted octanol–water partition coefficient (Wildman–Crippen LogP) is 2.05. The van der Waals surface area contributed by atoms with E-state index in [1.54, 1.807) is 22.9 Å². The number of thioether (sulfide) groups is 1. The Hall–Kier alpha value is -2.19. The van der Waals surface area contributed by atoms with Gasteiger partial charge in [0, 0.05) is 51.0 Å². The normalized spacial score (nSPS) is 20.4. The van der Waals surface area contributed by atoms with Crippen LogP contribution in [0.5, 0.6) is 0 Å². The molecule has 3 heterocycles. The molecule has 2 aromatic rings. The van der Waals surface area contributed by atoms with Gasteiger partial charge in [-0.05, 0) is 41.9 Å². The third-order valence-electron chi connectivity index (χ3n) is 6.75. The van der Waals surface area contributed by atoms with Gasteiger partial charge in [-0.15, -0.1) is 0 Å². The van der Waals surface area contributed by atoms with Gasteiger partial charge in [0.25, 0.3) is 5.56 Å². The van der Waals surface area contributed by atoms with Crippen LogP contribution in [0.15, 0.2) is 35.1 Å². The van der Waals surface area contributed by atoms with Gasteiger partial charge in [0.1, 0.15) is 5.82 Å². The molecular formula is C23H27FN4O2S.